The van der Waals surface area contributed by atoms with Crippen molar-refractivity contribution >= 4 is 0 Å². The quantitative estimate of drug-likeness (QED) is 0.512. The summed E-state index contributed by atoms with van der Waals surface area (Å²) in [4.78, 5) is 0. The van der Waals surface area contributed by atoms with E-state index in [1.165, 1.54) is 0 Å². The Hall–Kier alpha value is -1.02. The minimum absolute atomic E-state index is 0.866. The molecule has 0 aromatic heterocycles. The predicted molar refractivity (Wildman–Crippen MR) is 42.7 cm³/mol. The fraction of sp³-hybridized carbons (Fsp3) is 0.250. The van der Waals surface area contributed by atoms with Gasteiger partial charge in [-0.2, -0.15) is 0 Å². The van der Waals surface area contributed by atoms with Crippen LogP contribution in [0.25, 0.3) is 0 Å². The van der Waals surface area contributed by atoms with E-state index in [4.69, 9.17) is 5.84 Å². The van der Waals surface area contributed by atoms with Crippen LogP contribution in [-0.4, -0.2) is 5.01 Å². The SMILES string of the molecule is C=C1C(C)=CC(C)=CN1N. The van der Waals surface area contributed by atoms with E-state index in [-0.39, 0.29) is 0 Å². The molecule has 2 nitrogen and oxygen atoms in total. The largest absolute Gasteiger partial charge is 0.287 e. The van der Waals surface area contributed by atoms with Gasteiger partial charge in [-0.1, -0.05) is 12.7 Å². The summed E-state index contributed by atoms with van der Waals surface area (Å²) in [5, 5.41) is 1.55. The van der Waals surface area contributed by atoms with Crippen molar-refractivity contribution in [3.8, 4) is 0 Å². The maximum absolute atomic E-state index is 5.58. The normalized spacial score (nSPS) is 18.7. The van der Waals surface area contributed by atoms with Crippen molar-refractivity contribution in [2.45, 2.75) is 13.8 Å². The summed E-state index contributed by atoms with van der Waals surface area (Å²) in [7, 11) is 0. The van der Waals surface area contributed by atoms with E-state index in [1.54, 1.807) is 5.01 Å². The maximum atomic E-state index is 5.58. The number of allylic oxidation sites excluding steroid dienone is 3. The van der Waals surface area contributed by atoms with Gasteiger partial charge >= 0.3 is 0 Å². The second-order valence-electron chi connectivity index (χ2n) is 2.55. The lowest BCUT2D eigenvalue weighted by Crippen LogP contribution is -2.26. The van der Waals surface area contributed by atoms with Crippen LogP contribution in [0.2, 0.25) is 0 Å². The van der Waals surface area contributed by atoms with Gasteiger partial charge < -0.3 is 0 Å². The van der Waals surface area contributed by atoms with Crippen LogP contribution in [0, 0.1) is 0 Å². The van der Waals surface area contributed by atoms with Gasteiger partial charge in [0, 0.05) is 6.20 Å². The molecule has 0 unspecified atom stereocenters. The average Bonchev–Trinajstić information content (AvgIpc) is 1.82. The Labute approximate surface area is 61.3 Å². The van der Waals surface area contributed by atoms with Gasteiger partial charge in [-0.15, -0.1) is 0 Å². The Bertz CT molecular complexity index is 223. The van der Waals surface area contributed by atoms with Crippen LogP contribution in [0.4, 0.5) is 0 Å². The molecule has 0 saturated carbocycles. The second-order valence-corrected chi connectivity index (χ2v) is 2.55. The molecule has 0 amide bonds. The third-order valence-electron chi connectivity index (χ3n) is 1.55. The van der Waals surface area contributed by atoms with Gasteiger partial charge in [0.25, 0.3) is 0 Å². The number of nitrogens with two attached hydrogens (primary N) is 1. The number of hydrogen-bond donors (Lipinski definition) is 1. The lowest BCUT2D eigenvalue weighted by Gasteiger charge is -2.21. The Morgan fingerprint density at radius 1 is 1.50 bits per heavy atom. The Kier molecular flexibility index (Phi) is 1.64. The standard InChI is InChI=1S/C8H12N2/c1-6-4-7(2)8(3)10(9)5-6/h4-5H,3,9H2,1-2H3. The van der Waals surface area contributed by atoms with Crippen molar-refractivity contribution < 1.29 is 0 Å². The first-order valence-corrected chi connectivity index (χ1v) is 3.21. The molecule has 0 saturated heterocycles. The van der Waals surface area contributed by atoms with E-state index in [0.717, 1.165) is 16.8 Å². The Morgan fingerprint density at radius 3 is 2.60 bits per heavy atom. The van der Waals surface area contributed by atoms with Crippen molar-refractivity contribution in [3.05, 3.63) is 35.7 Å². The fourth-order valence-electron chi connectivity index (χ4n) is 0.963. The number of rotatable bonds is 0. The van der Waals surface area contributed by atoms with Gasteiger partial charge in [0.2, 0.25) is 0 Å². The number of hydrogen-bond acceptors (Lipinski definition) is 2. The topological polar surface area (TPSA) is 29.3 Å². The molecule has 0 bridgehead atoms. The van der Waals surface area contributed by atoms with Crippen LogP contribution in [0.3, 0.4) is 0 Å². The van der Waals surface area contributed by atoms with Crippen LogP contribution in [0.5, 0.6) is 0 Å². The summed E-state index contributed by atoms with van der Waals surface area (Å²) >= 11 is 0. The lowest BCUT2D eigenvalue weighted by molar-refractivity contribution is 0.494. The molecule has 0 fully saturated rings. The fourth-order valence-corrected chi connectivity index (χ4v) is 0.963. The molecule has 0 atom stereocenters. The number of hydrazine groups is 1. The van der Waals surface area contributed by atoms with Gasteiger partial charge in [-0.05, 0) is 25.0 Å². The summed E-state index contributed by atoms with van der Waals surface area (Å²) in [6, 6.07) is 0. The molecule has 0 radical (unpaired) electrons. The zero-order valence-electron chi connectivity index (χ0n) is 6.39. The Morgan fingerprint density at radius 2 is 2.10 bits per heavy atom. The molecule has 1 rings (SSSR count). The first-order valence-electron chi connectivity index (χ1n) is 3.21. The van der Waals surface area contributed by atoms with Gasteiger partial charge in [0.1, 0.15) is 0 Å². The summed E-state index contributed by atoms with van der Waals surface area (Å²) in [5.74, 6) is 5.58. The summed E-state index contributed by atoms with van der Waals surface area (Å²) in [6.45, 7) is 7.81. The highest BCUT2D eigenvalue weighted by atomic mass is 15.4. The summed E-state index contributed by atoms with van der Waals surface area (Å²) < 4.78 is 0. The van der Waals surface area contributed by atoms with E-state index in [0.29, 0.717) is 0 Å². The van der Waals surface area contributed by atoms with E-state index in [9.17, 15) is 0 Å². The molecule has 2 N–H and O–H groups in total. The van der Waals surface area contributed by atoms with Crippen LogP contribution < -0.4 is 5.84 Å². The van der Waals surface area contributed by atoms with E-state index < -0.39 is 0 Å². The molecule has 0 aliphatic carbocycles. The van der Waals surface area contributed by atoms with E-state index in [2.05, 4.69) is 12.7 Å². The lowest BCUT2D eigenvalue weighted by atomic mass is 10.1. The molecule has 0 aromatic carbocycles. The van der Waals surface area contributed by atoms with Crippen LogP contribution in [-0.2, 0) is 0 Å². The van der Waals surface area contributed by atoms with E-state index >= 15 is 0 Å². The molecule has 54 valence electrons. The minimum Gasteiger partial charge on any atom is -0.287 e. The molecule has 10 heavy (non-hydrogen) atoms. The molecule has 1 aliphatic heterocycles. The van der Waals surface area contributed by atoms with Crippen molar-refractivity contribution in [2.75, 3.05) is 0 Å². The van der Waals surface area contributed by atoms with Crippen molar-refractivity contribution in [1.29, 1.82) is 0 Å². The molecular weight excluding hydrogens is 124 g/mol. The van der Waals surface area contributed by atoms with Crippen LogP contribution in [0.15, 0.2) is 35.7 Å². The first-order chi connectivity index (χ1) is 4.61. The first kappa shape index (κ1) is 7.09. The van der Waals surface area contributed by atoms with E-state index in [1.807, 2.05) is 20.0 Å². The summed E-state index contributed by atoms with van der Waals surface area (Å²) in [5.41, 5.74) is 3.15. The van der Waals surface area contributed by atoms with Gasteiger partial charge in [-0.25, -0.2) is 5.84 Å². The third kappa shape index (κ3) is 1.11. The molecule has 0 spiro atoms. The smallest absolute Gasteiger partial charge is 0.0525 e. The zero-order valence-corrected chi connectivity index (χ0v) is 6.39. The highest BCUT2D eigenvalue weighted by molar-refractivity contribution is 5.37. The molecule has 1 aliphatic rings. The maximum Gasteiger partial charge on any atom is 0.0525 e. The summed E-state index contributed by atoms with van der Waals surface area (Å²) in [6.07, 6.45) is 3.92. The molecule has 1 heterocycles. The molecular formula is C8H12N2. The van der Waals surface area contributed by atoms with Crippen LogP contribution in [0.1, 0.15) is 13.8 Å². The predicted octanol–water partition coefficient (Wildman–Crippen LogP) is 1.54. The van der Waals surface area contributed by atoms with Gasteiger partial charge in [-0.3, -0.25) is 5.01 Å². The second kappa shape index (κ2) is 2.31. The molecule has 2 heteroatoms. The average molecular weight is 136 g/mol. The third-order valence-corrected chi connectivity index (χ3v) is 1.55. The van der Waals surface area contributed by atoms with Gasteiger partial charge in [0.05, 0.1) is 5.70 Å². The van der Waals surface area contributed by atoms with Crippen molar-refractivity contribution in [3.63, 3.8) is 0 Å². The Balaban J connectivity index is 2.95. The minimum atomic E-state index is 0.866. The zero-order chi connectivity index (χ0) is 7.72. The monoisotopic (exact) mass is 136 g/mol. The highest BCUT2D eigenvalue weighted by Gasteiger charge is 2.06. The van der Waals surface area contributed by atoms with Gasteiger partial charge in [0.15, 0.2) is 0 Å². The van der Waals surface area contributed by atoms with Crippen LogP contribution >= 0.6 is 0 Å². The number of nitrogens with zero attached hydrogens (tertiary/aromatic N) is 1. The van der Waals surface area contributed by atoms with Crippen molar-refractivity contribution in [1.82, 2.24) is 5.01 Å². The van der Waals surface area contributed by atoms with Crippen molar-refractivity contribution in [2.24, 2.45) is 5.84 Å². The molecule has 0 aromatic rings. The highest BCUT2D eigenvalue weighted by Crippen LogP contribution is 2.18.